The average Bonchev–Trinajstić information content (AvgIpc) is 2.87. The Morgan fingerprint density at radius 1 is 1.26 bits per heavy atom. The number of fused-ring (bicyclic) bond motifs is 1. The van der Waals surface area contributed by atoms with E-state index in [0.29, 0.717) is 29.3 Å². The fourth-order valence-corrected chi connectivity index (χ4v) is 3.77. The van der Waals surface area contributed by atoms with Gasteiger partial charge in [-0.05, 0) is 31.0 Å². The third-order valence-electron chi connectivity index (χ3n) is 4.92. The highest BCUT2D eigenvalue weighted by Crippen LogP contribution is 2.34. The number of hydrogen-bond donors (Lipinski definition) is 2. The van der Waals surface area contributed by atoms with E-state index >= 15 is 0 Å². The summed E-state index contributed by atoms with van der Waals surface area (Å²) < 4.78 is 5.21. The van der Waals surface area contributed by atoms with Gasteiger partial charge in [0, 0.05) is 5.02 Å². The van der Waals surface area contributed by atoms with Crippen LogP contribution in [-0.2, 0) is 14.4 Å². The number of ether oxygens (including phenoxy) is 1. The van der Waals surface area contributed by atoms with Gasteiger partial charge in [-0.3, -0.25) is 14.4 Å². The molecule has 27 heavy (non-hydrogen) atoms. The smallest absolute Gasteiger partial charge is 0.279 e. The first kappa shape index (κ1) is 19.4. The van der Waals surface area contributed by atoms with Crippen LogP contribution in [0.2, 0.25) is 5.02 Å². The zero-order valence-electron chi connectivity index (χ0n) is 15.3. The number of likely N-dealkylation sites (tertiary alicyclic amines) is 1. The van der Waals surface area contributed by atoms with Crippen LogP contribution in [0.5, 0.6) is 5.75 Å². The number of carbonyl (C=O) groups excluding carboxylic acids is 3. The van der Waals surface area contributed by atoms with Gasteiger partial charge in [0.05, 0.1) is 31.7 Å². The van der Waals surface area contributed by atoms with Crippen LogP contribution < -0.4 is 15.0 Å². The van der Waals surface area contributed by atoms with Gasteiger partial charge in [0.2, 0.25) is 11.8 Å². The first-order valence-corrected chi connectivity index (χ1v) is 9.23. The molecule has 0 bridgehead atoms. The summed E-state index contributed by atoms with van der Waals surface area (Å²) in [6.07, 6.45) is 5.14. The van der Waals surface area contributed by atoms with Crippen LogP contribution in [0.1, 0.15) is 12.8 Å². The van der Waals surface area contributed by atoms with Crippen molar-refractivity contribution in [2.45, 2.75) is 12.8 Å². The lowest BCUT2D eigenvalue weighted by molar-refractivity contribution is -0.878. The quantitative estimate of drug-likeness (QED) is 0.552. The molecule has 1 aliphatic heterocycles. The third kappa shape index (κ3) is 4.14. The number of hydrogen-bond acceptors (Lipinski definition) is 4. The Balaban J connectivity index is 1.59. The van der Waals surface area contributed by atoms with Crippen molar-refractivity contribution in [3.05, 3.63) is 35.4 Å². The maximum Gasteiger partial charge on any atom is 0.279 e. The van der Waals surface area contributed by atoms with Crippen molar-refractivity contribution in [2.75, 3.05) is 32.7 Å². The molecule has 3 amide bonds. The van der Waals surface area contributed by atoms with E-state index < -0.39 is 0 Å². The highest BCUT2D eigenvalue weighted by Gasteiger charge is 2.48. The van der Waals surface area contributed by atoms with E-state index in [9.17, 15) is 14.4 Å². The molecule has 1 saturated heterocycles. The fraction of sp³-hybridized carbons (Fsp3) is 0.421. The van der Waals surface area contributed by atoms with Gasteiger partial charge in [-0.2, -0.15) is 0 Å². The minimum Gasteiger partial charge on any atom is -0.495 e. The number of carbonyl (C=O) groups is 3. The topological polar surface area (TPSA) is 80.2 Å². The first-order valence-electron chi connectivity index (χ1n) is 8.85. The fourth-order valence-electron chi connectivity index (χ4n) is 3.60. The van der Waals surface area contributed by atoms with Crippen LogP contribution in [0.15, 0.2) is 30.4 Å². The van der Waals surface area contributed by atoms with Crippen molar-refractivity contribution in [3.63, 3.8) is 0 Å². The first-order chi connectivity index (χ1) is 12.9. The average molecular weight is 393 g/mol. The number of benzene rings is 1. The molecule has 2 aliphatic rings. The lowest BCUT2D eigenvalue weighted by Crippen LogP contribution is -3.11. The summed E-state index contributed by atoms with van der Waals surface area (Å²) >= 11 is 5.97. The molecule has 0 spiro atoms. The van der Waals surface area contributed by atoms with Gasteiger partial charge in [0.15, 0.2) is 13.2 Å². The number of anilines is 1. The second-order valence-corrected chi connectivity index (χ2v) is 7.38. The third-order valence-corrected chi connectivity index (χ3v) is 5.16. The number of likely N-dealkylation sites (N-methyl/N-ethyl adjacent to an activating group) is 1. The van der Waals surface area contributed by atoms with Crippen LogP contribution in [-0.4, -0.2) is 50.0 Å². The lowest BCUT2D eigenvalue weighted by Gasteiger charge is -2.20. The SMILES string of the molecule is COc1ccc(Cl)cc1NC(=O)C[NH+](C)CN1C(=O)[C@H]2CC=CC[C@@H]2C1=O. The standard InChI is InChI=1S/C19H22ClN3O4/c1-22(10-17(24)21-15-9-12(20)7-8-16(15)27-2)11-23-18(25)13-5-3-4-6-14(13)19(23)26/h3-4,7-9,13-14H,5-6,10-11H2,1-2H3,(H,21,24)/p+1/t13-,14-/m0/s1. The van der Waals surface area contributed by atoms with E-state index in [1.54, 1.807) is 25.2 Å². The zero-order valence-corrected chi connectivity index (χ0v) is 16.1. The number of nitrogens with one attached hydrogen (secondary N) is 2. The van der Waals surface area contributed by atoms with Crippen LogP contribution in [0.25, 0.3) is 0 Å². The van der Waals surface area contributed by atoms with Gasteiger partial charge in [-0.1, -0.05) is 23.8 Å². The second kappa shape index (κ2) is 8.10. The molecule has 8 heteroatoms. The number of allylic oxidation sites excluding steroid dienone is 2. The maximum atomic E-state index is 12.5. The number of quaternary nitrogens is 1. The Hall–Kier alpha value is -2.38. The summed E-state index contributed by atoms with van der Waals surface area (Å²) in [6, 6.07) is 4.96. The van der Waals surface area contributed by atoms with Crippen molar-refractivity contribution >= 4 is 35.0 Å². The highest BCUT2D eigenvalue weighted by atomic mass is 35.5. The Labute approximate surface area is 162 Å². The predicted molar refractivity (Wildman–Crippen MR) is 100 cm³/mol. The summed E-state index contributed by atoms with van der Waals surface area (Å²) in [7, 11) is 3.28. The van der Waals surface area contributed by atoms with E-state index in [-0.39, 0.29) is 42.8 Å². The monoisotopic (exact) mass is 392 g/mol. The van der Waals surface area contributed by atoms with E-state index in [2.05, 4.69) is 5.32 Å². The van der Waals surface area contributed by atoms with Crippen LogP contribution >= 0.6 is 11.6 Å². The molecular weight excluding hydrogens is 370 g/mol. The Bertz CT molecular complexity index is 769. The van der Waals surface area contributed by atoms with E-state index in [1.807, 2.05) is 12.2 Å². The zero-order chi connectivity index (χ0) is 19.6. The molecule has 1 unspecified atom stereocenters. The maximum absolute atomic E-state index is 12.5. The van der Waals surface area contributed by atoms with E-state index in [4.69, 9.17) is 16.3 Å². The largest absolute Gasteiger partial charge is 0.495 e. The molecule has 1 fully saturated rings. The number of rotatable bonds is 6. The summed E-state index contributed by atoms with van der Waals surface area (Å²) in [4.78, 5) is 39.4. The summed E-state index contributed by atoms with van der Waals surface area (Å²) in [5, 5.41) is 3.25. The Kier molecular flexibility index (Phi) is 5.82. The molecular formula is C19H23ClN3O4+. The van der Waals surface area contributed by atoms with Crippen LogP contribution in [0.3, 0.4) is 0 Å². The van der Waals surface area contributed by atoms with E-state index in [0.717, 1.165) is 4.90 Å². The molecule has 1 aromatic rings. The minimum absolute atomic E-state index is 0.0975. The summed E-state index contributed by atoms with van der Waals surface area (Å²) in [5.74, 6) is -0.519. The molecule has 144 valence electrons. The summed E-state index contributed by atoms with van der Waals surface area (Å²) in [6.45, 7) is 0.269. The molecule has 1 aliphatic carbocycles. The predicted octanol–water partition coefficient (Wildman–Crippen LogP) is 0.710. The number of halogens is 1. The number of methoxy groups -OCH3 is 1. The van der Waals surface area contributed by atoms with Gasteiger partial charge < -0.3 is 15.0 Å². The second-order valence-electron chi connectivity index (χ2n) is 6.95. The van der Waals surface area contributed by atoms with Crippen molar-refractivity contribution in [1.29, 1.82) is 0 Å². The molecule has 1 heterocycles. The molecule has 3 atom stereocenters. The molecule has 7 nitrogen and oxygen atoms in total. The summed E-state index contributed by atoms with van der Waals surface area (Å²) in [5.41, 5.74) is 0.480. The molecule has 3 rings (SSSR count). The number of imide groups is 1. The molecule has 2 N–H and O–H groups in total. The lowest BCUT2D eigenvalue weighted by atomic mass is 9.85. The van der Waals surface area contributed by atoms with Gasteiger partial charge >= 0.3 is 0 Å². The highest BCUT2D eigenvalue weighted by molar-refractivity contribution is 6.31. The van der Waals surface area contributed by atoms with Gasteiger partial charge in [0.1, 0.15) is 5.75 Å². The van der Waals surface area contributed by atoms with Crippen LogP contribution in [0, 0.1) is 11.8 Å². The number of nitrogens with zero attached hydrogens (tertiary/aromatic N) is 1. The normalized spacial score (nSPS) is 22.6. The van der Waals surface area contributed by atoms with Gasteiger partial charge in [-0.25, -0.2) is 4.90 Å². The van der Waals surface area contributed by atoms with Gasteiger partial charge in [0.25, 0.3) is 5.91 Å². The van der Waals surface area contributed by atoms with Crippen molar-refractivity contribution in [2.24, 2.45) is 11.8 Å². The number of amides is 3. The van der Waals surface area contributed by atoms with Crippen molar-refractivity contribution in [3.8, 4) is 5.75 Å². The van der Waals surface area contributed by atoms with Crippen LogP contribution in [0.4, 0.5) is 5.69 Å². The Morgan fingerprint density at radius 2 is 1.89 bits per heavy atom. The molecule has 0 saturated carbocycles. The molecule has 0 aromatic heterocycles. The van der Waals surface area contributed by atoms with Crippen molar-refractivity contribution in [1.82, 2.24) is 4.90 Å². The van der Waals surface area contributed by atoms with Crippen molar-refractivity contribution < 1.29 is 24.0 Å². The minimum atomic E-state index is -0.258. The van der Waals surface area contributed by atoms with E-state index in [1.165, 1.54) is 12.0 Å². The molecule has 0 radical (unpaired) electrons. The van der Waals surface area contributed by atoms with Gasteiger partial charge in [-0.15, -0.1) is 0 Å². The molecule has 1 aromatic carbocycles. The Morgan fingerprint density at radius 3 is 2.48 bits per heavy atom.